The van der Waals surface area contributed by atoms with Crippen LogP contribution < -0.4 is 0 Å². The number of carbonyl (C=O) groups excluding carboxylic acids is 1. The van der Waals surface area contributed by atoms with Crippen molar-refractivity contribution in [3.63, 3.8) is 0 Å². The van der Waals surface area contributed by atoms with Gasteiger partial charge in [-0.2, -0.15) is 0 Å². The van der Waals surface area contributed by atoms with E-state index in [4.69, 9.17) is 4.74 Å². The molecule has 100 valence electrons. The summed E-state index contributed by atoms with van der Waals surface area (Å²) in [4.78, 5) is 11.1. The Bertz CT molecular complexity index is 242. The Kier molecular flexibility index (Phi) is 5.92. The molecule has 4 atom stereocenters. The molecule has 0 aromatic carbocycles. The second kappa shape index (κ2) is 6.97. The predicted molar refractivity (Wildman–Crippen MR) is 64.6 cm³/mol. The lowest BCUT2D eigenvalue weighted by atomic mass is 9.90. The van der Waals surface area contributed by atoms with Crippen LogP contribution in [0.15, 0.2) is 0 Å². The molecular formula is C13H24O4. The van der Waals surface area contributed by atoms with Crippen molar-refractivity contribution in [3.05, 3.63) is 0 Å². The van der Waals surface area contributed by atoms with E-state index >= 15 is 0 Å². The lowest BCUT2D eigenvalue weighted by molar-refractivity contribution is -0.143. The molecule has 4 nitrogen and oxygen atoms in total. The number of methoxy groups -OCH3 is 1. The summed E-state index contributed by atoms with van der Waals surface area (Å²) < 4.78 is 10.4. The van der Waals surface area contributed by atoms with Crippen molar-refractivity contribution in [3.8, 4) is 0 Å². The van der Waals surface area contributed by atoms with Crippen LogP contribution in [0.1, 0.15) is 46.0 Å². The molecule has 17 heavy (non-hydrogen) atoms. The first-order valence-corrected chi connectivity index (χ1v) is 6.50. The van der Waals surface area contributed by atoms with Crippen LogP contribution in [0, 0.1) is 5.92 Å². The zero-order valence-corrected chi connectivity index (χ0v) is 11.0. The maximum absolute atomic E-state index is 11.1. The second-order valence-corrected chi connectivity index (χ2v) is 4.78. The van der Waals surface area contributed by atoms with E-state index in [1.54, 1.807) is 0 Å². The molecule has 1 saturated heterocycles. The minimum absolute atomic E-state index is 0.0836. The third-order valence-corrected chi connectivity index (χ3v) is 3.52. The van der Waals surface area contributed by atoms with E-state index in [1.807, 2.05) is 0 Å². The Balaban J connectivity index is 2.41. The summed E-state index contributed by atoms with van der Waals surface area (Å²) in [6.45, 7) is 4.22. The number of aliphatic hydroxyl groups is 1. The van der Waals surface area contributed by atoms with Crippen molar-refractivity contribution in [1.29, 1.82) is 0 Å². The van der Waals surface area contributed by atoms with Crippen LogP contribution in [-0.2, 0) is 14.3 Å². The van der Waals surface area contributed by atoms with E-state index in [0.717, 1.165) is 19.3 Å². The summed E-state index contributed by atoms with van der Waals surface area (Å²) in [5.41, 5.74) is 0. The molecule has 0 aliphatic carbocycles. The van der Waals surface area contributed by atoms with Gasteiger partial charge in [0.05, 0.1) is 31.8 Å². The van der Waals surface area contributed by atoms with Crippen LogP contribution in [0.25, 0.3) is 0 Å². The quantitative estimate of drug-likeness (QED) is 0.725. The molecule has 1 fully saturated rings. The van der Waals surface area contributed by atoms with Gasteiger partial charge in [0.1, 0.15) is 0 Å². The minimum Gasteiger partial charge on any atom is -0.469 e. The van der Waals surface area contributed by atoms with Gasteiger partial charge in [-0.05, 0) is 31.6 Å². The third-order valence-electron chi connectivity index (χ3n) is 3.52. The molecule has 1 aliphatic heterocycles. The second-order valence-electron chi connectivity index (χ2n) is 4.78. The first-order valence-electron chi connectivity index (χ1n) is 6.50. The summed E-state index contributed by atoms with van der Waals surface area (Å²) in [6.07, 6.45) is 3.62. The molecule has 4 unspecified atom stereocenters. The predicted octanol–water partition coefficient (Wildman–Crippen LogP) is 1.89. The van der Waals surface area contributed by atoms with E-state index in [0.29, 0.717) is 18.4 Å². The van der Waals surface area contributed by atoms with Gasteiger partial charge in [0.25, 0.3) is 0 Å². The SMILES string of the molecule is CCC1CC(CC(O)CC(=O)OC)C(CC)O1. The zero-order chi connectivity index (χ0) is 12.8. The normalized spacial score (nSPS) is 30.2. The van der Waals surface area contributed by atoms with Gasteiger partial charge in [0, 0.05) is 0 Å². The smallest absolute Gasteiger partial charge is 0.308 e. The highest BCUT2D eigenvalue weighted by atomic mass is 16.5. The van der Waals surface area contributed by atoms with Gasteiger partial charge in [-0.3, -0.25) is 4.79 Å². The first-order chi connectivity index (χ1) is 8.10. The maximum atomic E-state index is 11.1. The lowest BCUT2D eigenvalue weighted by Gasteiger charge is -2.19. The molecule has 0 bridgehead atoms. The molecule has 0 aromatic heterocycles. The fourth-order valence-corrected chi connectivity index (χ4v) is 2.55. The van der Waals surface area contributed by atoms with E-state index in [1.165, 1.54) is 7.11 Å². The Hall–Kier alpha value is -0.610. The molecule has 0 saturated carbocycles. The van der Waals surface area contributed by atoms with E-state index in [2.05, 4.69) is 18.6 Å². The van der Waals surface area contributed by atoms with E-state index < -0.39 is 6.10 Å². The molecule has 0 amide bonds. The average Bonchev–Trinajstić information content (AvgIpc) is 2.70. The van der Waals surface area contributed by atoms with Crippen LogP contribution in [0.5, 0.6) is 0 Å². The van der Waals surface area contributed by atoms with Crippen LogP contribution in [0.4, 0.5) is 0 Å². The summed E-state index contributed by atoms with van der Waals surface area (Å²) >= 11 is 0. The van der Waals surface area contributed by atoms with Crippen molar-refractivity contribution in [2.75, 3.05) is 7.11 Å². The Labute approximate surface area is 103 Å². The highest BCUT2D eigenvalue weighted by Crippen LogP contribution is 2.33. The van der Waals surface area contributed by atoms with Crippen LogP contribution >= 0.6 is 0 Å². The van der Waals surface area contributed by atoms with Crippen molar-refractivity contribution in [1.82, 2.24) is 0 Å². The van der Waals surface area contributed by atoms with Gasteiger partial charge in [-0.15, -0.1) is 0 Å². The Morgan fingerprint density at radius 1 is 1.47 bits per heavy atom. The van der Waals surface area contributed by atoms with E-state index in [-0.39, 0.29) is 18.5 Å². The standard InChI is InChI=1S/C13H24O4/c1-4-11-7-9(12(5-2)17-11)6-10(14)8-13(15)16-3/h9-12,14H,4-8H2,1-3H3. The highest BCUT2D eigenvalue weighted by Gasteiger charge is 2.34. The Morgan fingerprint density at radius 2 is 2.18 bits per heavy atom. The summed E-state index contributed by atoms with van der Waals surface area (Å²) in [7, 11) is 1.34. The number of rotatable bonds is 6. The van der Waals surface area contributed by atoms with E-state index in [9.17, 15) is 9.90 Å². The topological polar surface area (TPSA) is 55.8 Å². The molecule has 1 heterocycles. The van der Waals surface area contributed by atoms with Gasteiger partial charge < -0.3 is 14.6 Å². The molecule has 0 aromatic rings. The largest absolute Gasteiger partial charge is 0.469 e. The zero-order valence-electron chi connectivity index (χ0n) is 11.0. The van der Waals surface area contributed by atoms with Crippen molar-refractivity contribution >= 4 is 5.97 Å². The van der Waals surface area contributed by atoms with Crippen LogP contribution in [-0.4, -0.2) is 36.5 Å². The van der Waals surface area contributed by atoms with Gasteiger partial charge in [-0.25, -0.2) is 0 Å². The van der Waals surface area contributed by atoms with Gasteiger partial charge in [-0.1, -0.05) is 13.8 Å². The molecule has 0 radical (unpaired) electrons. The molecule has 1 aliphatic rings. The molecule has 1 N–H and O–H groups in total. The number of esters is 1. The average molecular weight is 244 g/mol. The fraction of sp³-hybridized carbons (Fsp3) is 0.923. The van der Waals surface area contributed by atoms with Crippen LogP contribution in [0.2, 0.25) is 0 Å². The van der Waals surface area contributed by atoms with Gasteiger partial charge in [0.2, 0.25) is 0 Å². The number of ether oxygens (including phenoxy) is 2. The lowest BCUT2D eigenvalue weighted by Crippen LogP contribution is -2.23. The number of hydrogen-bond acceptors (Lipinski definition) is 4. The van der Waals surface area contributed by atoms with Gasteiger partial charge in [0.15, 0.2) is 0 Å². The first kappa shape index (κ1) is 14.5. The number of aliphatic hydroxyl groups excluding tert-OH is 1. The summed E-state index contributed by atoms with van der Waals surface area (Å²) in [5, 5.41) is 9.83. The molecule has 1 rings (SSSR count). The van der Waals surface area contributed by atoms with Crippen molar-refractivity contribution < 1.29 is 19.4 Å². The fourth-order valence-electron chi connectivity index (χ4n) is 2.55. The third kappa shape index (κ3) is 4.28. The van der Waals surface area contributed by atoms with Crippen LogP contribution in [0.3, 0.4) is 0 Å². The van der Waals surface area contributed by atoms with Crippen molar-refractivity contribution in [2.45, 2.75) is 64.3 Å². The molecule has 4 heteroatoms. The monoisotopic (exact) mass is 244 g/mol. The number of carbonyl (C=O) groups is 1. The summed E-state index contributed by atoms with van der Waals surface area (Å²) in [6, 6.07) is 0. The van der Waals surface area contributed by atoms with Crippen molar-refractivity contribution in [2.24, 2.45) is 5.92 Å². The maximum Gasteiger partial charge on any atom is 0.308 e. The summed E-state index contributed by atoms with van der Waals surface area (Å²) in [5.74, 6) is 0.0149. The molecule has 0 spiro atoms. The molecular weight excluding hydrogens is 220 g/mol. The minimum atomic E-state index is -0.610. The Morgan fingerprint density at radius 3 is 2.71 bits per heavy atom. The highest BCUT2D eigenvalue weighted by molar-refractivity contribution is 5.69. The van der Waals surface area contributed by atoms with Gasteiger partial charge >= 0.3 is 5.97 Å². The number of hydrogen-bond donors (Lipinski definition) is 1.